The first kappa shape index (κ1) is 12.9. The Bertz CT molecular complexity index is 319. The van der Waals surface area contributed by atoms with Gasteiger partial charge in [0.25, 0.3) is 0 Å². The summed E-state index contributed by atoms with van der Waals surface area (Å²) >= 11 is 0. The largest absolute Gasteiger partial charge is 0.323 e. The average molecular weight is 218 g/mol. The zero-order valence-electron chi connectivity index (χ0n) is 10.3. The van der Waals surface area contributed by atoms with Crippen LogP contribution in [0.5, 0.6) is 0 Å². The zero-order chi connectivity index (χ0) is 12.0. The second kappa shape index (κ2) is 6.46. The van der Waals surface area contributed by atoms with Crippen LogP contribution in [0.2, 0.25) is 0 Å². The number of rotatable bonds is 6. The summed E-state index contributed by atoms with van der Waals surface area (Å²) in [6, 6.07) is 10.3. The Morgan fingerprint density at radius 1 is 1.38 bits per heavy atom. The van der Waals surface area contributed by atoms with Gasteiger partial charge in [-0.1, -0.05) is 49.4 Å². The Kier molecular flexibility index (Phi) is 5.23. The van der Waals surface area contributed by atoms with Crippen LogP contribution in [0.15, 0.2) is 42.5 Å². The summed E-state index contributed by atoms with van der Waals surface area (Å²) in [6.07, 6.45) is 0. The summed E-state index contributed by atoms with van der Waals surface area (Å²) in [5.74, 6) is 0. The number of benzene rings is 1. The number of likely N-dealkylation sites (N-methyl/N-ethyl adjacent to an activating group) is 1. The molecule has 0 aromatic heterocycles. The molecule has 0 heterocycles. The van der Waals surface area contributed by atoms with Gasteiger partial charge in [-0.2, -0.15) is 0 Å². The fraction of sp³-hybridized carbons (Fsp3) is 0.429. The molecule has 88 valence electrons. The van der Waals surface area contributed by atoms with Crippen LogP contribution in [-0.4, -0.2) is 24.5 Å². The van der Waals surface area contributed by atoms with E-state index in [1.807, 2.05) is 18.2 Å². The second-order valence-electron chi connectivity index (χ2n) is 4.30. The Balaban J connectivity index is 2.55. The summed E-state index contributed by atoms with van der Waals surface area (Å²) in [5, 5.41) is 0. The molecule has 1 aromatic rings. The van der Waals surface area contributed by atoms with Crippen LogP contribution in [0.4, 0.5) is 0 Å². The van der Waals surface area contributed by atoms with Gasteiger partial charge in [0, 0.05) is 19.1 Å². The van der Waals surface area contributed by atoms with Gasteiger partial charge in [0.15, 0.2) is 0 Å². The van der Waals surface area contributed by atoms with E-state index in [1.165, 1.54) is 11.1 Å². The predicted octanol–water partition coefficient (Wildman–Crippen LogP) is 2.58. The van der Waals surface area contributed by atoms with Crippen molar-refractivity contribution in [3.05, 3.63) is 48.0 Å². The van der Waals surface area contributed by atoms with Crippen LogP contribution in [0.3, 0.4) is 0 Å². The predicted molar refractivity (Wildman–Crippen MR) is 70.3 cm³/mol. The van der Waals surface area contributed by atoms with E-state index in [0.717, 1.165) is 19.6 Å². The fourth-order valence-corrected chi connectivity index (χ4v) is 1.77. The number of nitrogens with two attached hydrogens (primary N) is 1. The van der Waals surface area contributed by atoms with Crippen molar-refractivity contribution < 1.29 is 0 Å². The first-order valence-corrected chi connectivity index (χ1v) is 5.80. The van der Waals surface area contributed by atoms with E-state index < -0.39 is 0 Å². The molecule has 0 fully saturated rings. The van der Waals surface area contributed by atoms with E-state index in [1.54, 1.807) is 0 Å². The third-order valence-electron chi connectivity index (χ3n) is 2.62. The molecule has 0 radical (unpaired) electrons. The molecule has 0 aliphatic rings. The second-order valence-corrected chi connectivity index (χ2v) is 4.30. The van der Waals surface area contributed by atoms with Crippen LogP contribution >= 0.6 is 0 Å². The average Bonchev–Trinajstić information content (AvgIpc) is 2.28. The summed E-state index contributed by atoms with van der Waals surface area (Å²) in [6.45, 7) is 11.0. The highest BCUT2D eigenvalue weighted by Gasteiger charge is 2.10. The normalized spacial score (nSPS) is 12.8. The van der Waals surface area contributed by atoms with Gasteiger partial charge in [0.05, 0.1) is 0 Å². The van der Waals surface area contributed by atoms with Crippen molar-refractivity contribution in [1.82, 2.24) is 4.90 Å². The summed E-state index contributed by atoms with van der Waals surface area (Å²) in [7, 11) is 0. The van der Waals surface area contributed by atoms with Gasteiger partial charge in [-0.25, -0.2) is 0 Å². The van der Waals surface area contributed by atoms with Gasteiger partial charge in [0.1, 0.15) is 0 Å². The van der Waals surface area contributed by atoms with Gasteiger partial charge >= 0.3 is 0 Å². The maximum absolute atomic E-state index is 6.18. The molecule has 0 aliphatic heterocycles. The van der Waals surface area contributed by atoms with E-state index in [0.29, 0.717) is 0 Å². The van der Waals surface area contributed by atoms with Gasteiger partial charge in [-0.3, -0.25) is 4.90 Å². The van der Waals surface area contributed by atoms with E-state index >= 15 is 0 Å². The van der Waals surface area contributed by atoms with E-state index in [9.17, 15) is 0 Å². The molecule has 0 amide bonds. The molecular formula is C14H22N2. The Morgan fingerprint density at radius 2 is 2.00 bits per heavy atom. The quantitative estimate of drug-likeness (QED) is 0.744. The lowest BCUT2D eigenvalue weighted by molar-refractivity contribution is 0.292. The number of hydrogen-bond acceptors (Lipinski definition) is 2. The molecule has 2 N–H and O–H groups in total. The molecule has 0 aliphatic carbocycles. The van der Waals surface area contributed by atoms with Crippen molar-refractivity contribution in [3.8, 4) is 0 Å². The minimum absolute atomic E-state index is 0.0838. The fourth-order valence-electron chi connectivity index (χ4n) is 1.77. The minimum atomic E-state index is 0.0838. The molecule has 1 unspecified atom stereocenters. The van der Waals surface area contributed by atoms with Crippen LogP contribution in [-0.2, 0) is 0 Å². The smallest absolute Gasteiger partial charge is 0.0424 e. The topological polar surface area (TPSA) is 29.3 Å². The molecule has 1 rings (SSSR count). The van der Waals surface area contributed by atoms with Gasteiger partial charge in [-0.15, -0.1) is 0 Å². The maximum Gasteiger partial charge on any atom is 0.0424 e. The molecule has 2 heteroatoms. The van der Waals surface area contributed by atoms with E-state index in [-0.39, 0.29) is 6.04 Å². The standard InChI is InChI=1S/C14H22N2/c1-4-16(10-12(2)3)11-14(15)13-8-6-5-7-9-13/h5-9,14H,2,4,10-11,15H2,1,3H3. The SMILES string of the molecule is C=C(C)CN(CC)CC(N)c1ccccc1. The highest BCUT2D eigenvalue weighted by atomic mass is 15.1. The minimum Gasteiger partial charge on any atom is -0.323 e. The van der Waals surface area contributed by atoms with Gasteiger partial charge in [-0.05, 0) is 19.0 Å². The molecule has 0 bridgehead atoms. The highest BCUT2D eigenvalue weighted by Crippen LogP contribution is 2.11. The lowest BCUT2D eigenvalue weighted by Gasteiger charge is -2.24. The van der Waals surface area contributed by atoms with Crippen molar-refractivity contribution in [2.75, 3.05) is 19.6 Å². The summed E-state index contributed by atoms with van der Waals surface area (Å²) < 4.78 is 0. The van der Waals surface area contributed by atoms with Gasteiger partial charge in [0.2, 0.25) is 0 Å². The monoisotopic (exact) mass is 218 g/mol. The number of hydrogen-bond donors (Lipinski definition) is 1. The lowest BCUT2D eigenvalue weighted by Crippen LogP contribution is -2.33. The Labute approximate surface area is 98.8 Å². The highest BCUT2D eigenvalue weighted by molar-refractivity contribution is 5.18. The molecule has 1 aromatic carbocycles. The van der Waals surface area contributed by atoms with Crippen molar-refractivity contribution in [2.45, 2.75) is 19.9 Å². The zero-order valence-corrected chi connectivity index (χ0v) is 10.3. The summed E-state index contributed by atoms with van der Waals surface area (Å²) in [5.41, 5.74) is 8.56. The first-order chi connectivity index (χ1) is 7.63. The molecule has 2 nitrogen and oxygen atoms in total. The molecule has 16 heavy (non-hydrogen) atoms. The summed E-state index contributed by atoms with van der Waals surface area (Å²) in [4.78, 5) is 2.32. The van der Waals surface area contributed by atoms with E-state index in [2.05, 4.69) is 37.5 Å². The van der Waals surface area contributed by atoms with Crippen molar-refractivity contribution in [1.29, 1.82) is 0 Å². The molecular weight excluding hydrogens is 196 g/mol. The first-order valence-electron chi connectivity index (χ1n) is 5.80. The van der Waals surface area contributed by atoms with E-state index in [4.69, 9.17) is 5.73 Å². The van der Waals surface area contributed by atoms with Gasteiger partial charge < -0.3 is 5.73 Å². The third kappa shape index (κ3) is 4.17. The molecule has 0 spiro atoms. The van der Waals surface area contributed by atoms with Crippen LogP contribution in [0.25, 0.3) is 0 Å². The Hall–Kier alpha value is -1.12. The van der Waals surface area contributed by atoms with Crippen molar-refractivity contribution in [2.24, 2.45) is 5.73 Å². The van der Waals surface area contributed by atoms with Crippen molar-refractivity contribution in [3.63, 3.8) is 0 Å². The van der Waals surface area contributed by atoms with Crippen molar-refractivity contribution >= 4 is 0 Å². The maximum atomic E-state index is 6.18. The molecule has 1 atom stereocenters. The van der Waals surface area contributed by atoms with Crippen LogP contribution < -0.4 is 5.73 Å². The van der Waals surface area contributed by atoms with Crippen LogP contribution in [0.1, 0.15) is 25.5 Å². The lowest BCUT2D eigenvalue weighted by atomic mass is 10.1. The number of nitrogens with zero attached hydrogens (tertiary/aromatic N) is 1. The molecule has 0 saturated carbocycles. The third-order valence-corrected chi connectivity index (χ3v) is 2.62. The van der Waals surface area contributed by atoms with Crippen LogP contribution in [0, 0.1) is 0 Å². The Morgan fingerprint density at radius 3 is 2.50 bits per heavy atom. The molecule has 0 saturated heterocycles.